The van der Waals surface area contributed by atoms with E-state index in [9.17, 15) is 13.2 Å². The molecule has 1 N–H and O–H groups in total. The Morgan fingerprint density at radius 2 is 1.67 bits per heavy atom. The first kappa shape index (κ1) is 22.1. The van der Waals surface area contributed by atoms with Crippen molar-refractivity contribution in [3.05, 3.63) is 48.0 Å². The highest BCUT2D eigenvalue weighted by Crippen LogP contribution is 2.29. The third kappa shape index (κ3) is 4.75. The summed E-state index contributed by atoms with van der Waals surface area (Å²) in [5.41, 5.74) is 0.812. The van der Waals surface area contributed by atoms with Crippen LogP contribution in [0.3, 0.4) is 0 Å². The van der Waals surface area contributed by atoms with Crippen LogP contribution >= 0.6 is 0 Å². The van der Waals surface area contributed by atoms with E-state index in [-0.39, 0.29) is 23.0 Å². The van der Waals surface area contributed by atoms with Gasteiger partial charge in [-0.05, 0) is 50.2 Å². The molecule has 1 fully saturated rings. The number of benzene rings is 2. The third-order valence-corrected chi connectivity index (χ3v) is 6.64. The van der Waals surface area contributed by atoms with Crippen LogP contribution in [0.15, 0.2) is 47.4 Å². The van der Waals surface area contributed by atoms with E-state index in [2.05, 4.69) is 5.32 Å². The Kier molecular flexibility index (Phi) is 6.64. The van der Waals surface area contributed by atoms with Gasteiger partial charge in [0.25, 0.3) is 5.91 Å². The van der Waals surface area contributed by atoms with E-state index in [0.717, 1.165) is 0 Å². The quantitative estimate of drug-likeness (QED) is 0.751. The van der Waals surface area contributed by atoms with Gasteiger partial charge in [-0.1, -0.05) is 0 Å². The number of hydrogen-bond donors (Lipinski definition) is 1. The van der Waals surface area contributed by atoms with E-state index in [4.69, 9.17) is 14.2 Å². The molecule has 0 bridgehead atoms. The summed E-state index contributed by atoms with van der Waals surface area (Å²) in [7, 11) is -0.620. The average Bonchev–Trinajstić information content (AvgIpc) is 2.73. The number of carbonyl (C=O) groups is 1. The van der Waals surface area contributed by atoms with Gasteiger partial charge in [-0.15, -0.1) is 0 Å². The van der Waals surface area contributed by atoms with Crippen molar-refractivity contribution in [1.82, 2.24) is 4.31 Å². The normalized spacial score (nSPS) is 19.9. The van der Waals surface area contributed by atoms with E-state index in [1.54, 1.807) is 25.3 Å². The Labute approximate surface area is 176 Å². The number of anilines is 1. The minimum atomic E-state index is -3.66. The lowest BCUT2D eigenvalue weighted by atomic mass is 10.2. The van der Waals surface area contributed by atoms with Crippen molar-refractivity contribution in [2.24, 2.45) is 0 Å². The van der Waals surface area contributed by atoms with Crippen LogP contribution < -0.4 is 14.8 Å². The van der Waals surface area contributed by atoms with Crippen molar-refractivity contribution in [2.75, 3.05) is 32.6 Å². The van der Waals surface area contributed by atoms with Crippen LogP contribution in [0.25, 0.3) is 0 Å². The number of hydrogen-bond acceptors (Lipinski definition) is 6. The van der Waals surface area contributed by atoms with Crippen LogP contribution in [0.5, 0.6) is 11.5 Å². The zero-order valence-corrected chi connectivity index (χ0v) is 18.2. The van der Waals surface area contributed by atoms with Crippen LogP contribution in [0, 0.1) is 0 Å². The van der Waals surface area contributed by atoms with Crippen molar-refractivity contribution >= 4 is 21.6 Å². The number of carbonyl (C=O) groups excluding carboxylic acids is 1. The first-order valence-electron chi connectivity index (χ1n) is 9.53. The fraction of sp³-hybridized carbons (Fsp3) is 0.381. The van der Waals surface area contributed by atoms with Crippen LogP contribution in [0.4, 0.5) is 5.69 Å². The molecule has 1 aliphatic heterocycles. The molecule has 2 atom stereocenters. The summed E-state index contributed by atoms with van der Waals surface area (Å²) in [5, 5.41) is 2.77. The van der Waals surface area contributed by atoms with Crippen LogP contribution in [0.1, 0.15) is 24.2 Å². The summed E-state index contributed by atoms with van der Waals surface area (Å²) in [6.45, 7) is 4.29. The van der Waals surface area contributed by atoms with E-state index in [1.165, 1.54) is 35.7 Å². The fourth-order valence-electron chi connectivity index (χ4n) is 3.35. The highest BCUT2D eigenvalue weighted by Gasteiger charge is 2.32. The Balaban J connectivity index is 1.76. The molecule has 1 amide bonds. The van der Waals surface area contributed by atoms with Gasteiger partial charge < -0.3 is 19.5 Å². The molecule has 2 aromatic carbocycles. The largest absolute Gasteiger partial charge is 0.497 e. The van der Waals surface area contributed by atoms with Crippen LogP contribution in [-0.4, -0.2) is 58.1 Å². The van der Waals surface area contributed by atoms with Crippen molar-refractivity contribution in [3.8, 4) is 11.5 Å². The molecule has 30 heavy (non-hydrogen) atoms. The summed E-state index contributed by atoms with van der Waals surface area (Å²) in [4.78, 5) is 12.8. The lowest BCUT2D eigenvalue weighted by molar-refractivity contribution is -0.0440. The molecule has 1 heterocycles. The van der Waals surface area contributed by atoms with E-state index < -0.39 is 10.0 Å². The van der Waals surface area contributed by atoms with Crippen LogP contribution in [0.2, 0.25) is 0 Å². The molecule has 0 spiro atoms. The van der Waals surface area contributed by atoms with Gasteiger partial charge in [0.2, 0.25) is 10.0 Å². The van der Waals surface area contributed by atoms with Gasteiger partial charge in [0, 0.05) is 24.7 Å². The van der Waals surface area contributed by atoms with Crippen molar-refractivity contribution < 1.29 is 27.4 Å². The number of methoxy groups -OCH3 is 2. The van der Waals surface area contributed by atoms with Crippen LogP contribution in [-0.2, 0) is 14.8 Å². The molecule has 0 aromatic heterocycles. The minimum absolute atomic E-state index is 0.141. The summed E-state index contributed by atoms with van der Waals surface area (Å²) in [5.74, 6) is 0.680. The zero-order chi connectivity index (χ0) is 21.9. The smallest absolute Gasteiger partial charge is 0.255 e. The minimum Gasteiger partial charge on any atom is -0.497 e. The summed E-state index contributed by atoms with van der Waals surface area (Å²) in [6, 6.07) is 10.9. The number of nitrogens with zero attached hydrogens (tertiary/aromatic N) is 1. The number of ether oxygens (including phenoxy) is 3. The summed E-state index contributed by atoms with van der Waals surface area (Å²) >= 11 is 0. The Bertz CT molecular complexity index is 997. The second-order valence-corrected chi connectivity index (χ2v) is 9.06. The Hall–Kier alpha value is -2.62. The molecule has 0 aliphatic carbocycles. The van der Waals surface area contributed by atoms with Gasteiger partial charge in [0.15, 0.2) is 0 Å². The molecule has 8 nitrogen and oxygen atoms in total. The maximum atomic E-state index is 12.9. The predicted octanol–water partition coefficient (Wildman–Crippen LogP) is 2.75. The third-order valence-electron chi connectivity index (χ3n) is 4.80. The molecule has 0 saturated carbocycles. The standard InChI is InChI=1S/C21H26N2O6S/c1-14-12-23(13-15(2)29-14)30(25,26)18-8-5-16(6-9-18)21(24)22-19-10-7-17(27-3)11-20(19)28-4/h5-11,14-15H,12-13H2,1-4H3,(H,22,24). The zero-order valence-electron chi connectivity index (χ0n) is 17.4. The molecule has 3 rings (SSSR count). The average molecular weight is 435 g/mol. The van der Waals surface area contributed by atoms with Crippen molar-refractivity contribution in [3.63, 3.8) is 0 Å². The Morgan fingerprint density at radius 3 is 2.23 bits per heavy atom. The molecule has 0 radical (unpaired) electrons. The lowest BCUT2D eigenvalue weighted by Crippen LogP contribution is -2.48. The predicted molar refractivity (Wildman–Crippen MR) is 113 cm³/mol. The number of rotatable bonds is 6. The summed E-state index contributed by atoms with van der Waals surface area (Å²) in [6.07, 6.45) is -0.346. The van der Waals surface area contributed by atoms with Gasteiger partial charge in [0.05, 0.1) is 37.0 Å². The maximum absolute atomic E-state index is 12.9. The number of morpholine rings is 1. The fourth-order valence-corrected chi connectivity index (χ4v) is 4.94. The van der Waals surface area contributed by atoms with Gasteiger partial charge in [-0.25, -0.2) is 8.42 Å². The maximum Gasteiger partial charge on any atom is 0.255 e. The molecule has 1 aliphatic rings. The van der Waals surface area contributed by atoms with Gasteiger partial charge >= 0.3 is 0 Å². The van der Waals surface area contributed by atoms with Crippen molar-refractivity contribution in [2.45, 2.75) is 31.0 Å². The van der Waals surface area contributed by atoms with Gasteiger partial charge in [0.1, 0.15) is 11.5 Å². The van der Waals surface area contributed by atoms with E-state index >= 15 is 0 Å². The lowest BCUT2D eigenvalue weighted by Gasteiger charge is -2.34. The van der Waals surface area contributed by atoms with Gasteiger partial charge in [-0.3, -0.25) is 4.79 Å². The monoisotopic (exact) mass is 434 g/mol. The summed E-state index contributed by atoms with van der Waals surface area (Å²) < 4.78 is 43.3. The molecule has 1 saturated heterocycles. The first-order chi connectivity index (χ1) is 14.2. The highest BCUT2D eigenvalue weighted by molar-refractivity contribution is 7.89. The van der Waals surface area contributed by atoms with Gasteiger partial charge in [-0.2, -0.15) is 4.31 Å². The number of sulfonamides is 1. The molecule has 162 valence electrons. The topological polar surface area (TPSA) is 94.2 Å². The SMILES string of the molecule is COc1ccc(NC(=O)c2ccc(S(=O)(=O)N3CC(C)OC(C)C3)cc2)c(OC)c1. The Morgan fingerprint density at radius 1 is 1.03 bits per heavy atom. The second-order valence-electron chi connectivity index (χ2n) is 7.12. The molecule has 2 unspecified atom stereocenters. The number of nitrogens with one attached hydrogen (secondary N) is 1. The first-order valence-corrected chi connectivity index (χ1v) is 11.0. The second kappa shape index (κ2) is 9.03. The van der Waals surface area contributed by atoms with E-state index in [0.29, 0.717) is 35.8 Å². The molecular weight excluding hydrogens is 408 g/mol. The molecule has 9 heteroatoms. The van der Waals surface area contributed by atoms with Crippen molar-refractivity contribution in [1.29, 1.82) is 0 Å². The highest BCUT2D eigenvalue weighted by atomic mass is 32.2. The molecular formula is C21H26N2O6S. The molecule has 2 aromatic rings. The number of amides is 1. The van der Waals surface area contributed by atoms with E-state index in [1.807, 2.05) is 13.8 Å².